The zero-order chi connectivity index (χ0) is 25.5. The first kappa shape index (κ1) is 26.0. The molecule has 36 heavy (non-hydrogen) atoms. The van der Waals surface area contributed by atoms with Crippen LogP contribution in [0.2, 0.25) is 0 Å². The van der Waals surface area contributed by atoms with Gasteiger partial charge in [-0.15, -0.1) is 0 Å². The van der Waals surface area contributed by atoms with Gasteiger partial charge in [0, 0.05) is 21.1 Å². The average molecular weight is 492 g/mol. The van der Waals surface area contributed by atoms with Crippen LogP contribution in [0.5, 0.6) is 0 Å². The summed E-state index contributed by atoms with van der Waals surface area (Å²) in [4.78, 5) is 11.7. The smallest absolute Gasteiger partial charge is 0.217 e. The predicted molar refractivity (Wildman–Crippen MR) is 135 cm³/mol. The Morgan fingerprint density at radius 3 is 1.67 bits per heavy atom. The molecule has 1 aliphatic heterocycles. The van der Waals surface area contributed by atoms with Crippen LogP contribution >= 0.6 is 0 Å². The Kier molecular flexibility index (Phi) is 8.51. The van der Waals surface area contributed by atoms with Crippen LogP contribution in [0.1, 0.15) is 23.6 Å². The summed E-state index contributed by atoms with van der Waals surface area (Å²) in [6.45, 7) is 1.46. The molecule has 7 nitrogen and oxygen atoms in total. The number of carbonyl (C=O) groups is 1. The lowest BCUT2D eigenvalue weighted by molar-refractivity contribution is -0.269. The fourth-order valence-electron chi connectivity index (χ4n) is 4.98. The van der Waals surface area contributed by atoms with Gasteiger partial charge >= 0.3 is 0 Å². The third-order valence-corrected chi connectivity index (χ3v) is 6.58. The van der Waals surface area contributed by atoms with Crippen molar-refractivity contribution >= 4 is 5.91 Å². The van der Waals surface area contributed by atoms with E-state index in [0.29, 0.717) is 0 Å². The molecule has 4 rings (SSSR count). The normalized spacial score (nSPS) is 24.3. The Morgan fingerprint density at radius 1 is 0.833 bits per heavy atom. The van der Waals surface area contributed by atoms with Crippen molar-refractivity contribution in [2.75, 3.05) is 20.8 Å². The second-order valence-electron chi connectivity index (χ2n) is 8.78. The Morgan fingerprint density at radius 2 is 1.28 bits per heavy atom. The lowest BCUT2D eigenvalue weighted by atomic mass is 9.80. The zero-order valence-corrected chi connectivity index (χ0v) is 20.7. The molecule has 0 saturated carbocycles. The van der Waals surface area contributed by atoms with Gasteiger partial charge < -0.3 is 29.4 Å². The number of nitrogens with one attached hydrogen (secondary N) is 1. The van der Waals surface area contributed by atoms with Crippen LogP contribution in [0.3, 0.4) is 0 Å². The van der Waals surface area contributed by atoms with Crippen molar-refractivity contribution in [2.24, 2.45) is 0 Å². The van der Waals surface area contributed by atoms with Crippen LogP contribution in [-0.4, -0.2) is 62.5 Å². The fraction of sp³-hybridized carbons (Fsp3) is 0.345. The number of aliphatic hydroxyl groups is 1. The van der Waals surface area contributed by atoms with Crippen molar-refractivity contribution < 1.29 is 28.8 Å². The molecule has 0 bridgehead atoms. The molecule has 7 heteroatoms. The maximum Gasteiger partial charge on any atom is 0.217 e. The van der Waals surface area contributed by atoms with Crippen molar-refractivity contribution in [3.05, 3.63) is 108 Å². The summed E-state index contributed by atoms with van der Waals surface area (Å²) in [7, 11) is 3.07. The molecular formula is C29H33NO6. The largest absolute Gasteiger partial charge is 0.376 e. The molecule has 1 fully saturated rings. The second kappa shape index (κ2) is 11.8. The van der Waals surface area contributed by atoms with E-state index in [-0.39, 0.29) is 12.5 Å². The molecule has 1 aliphatic rings. The van der Waals surface area contributed by atoms with Crippen LogP contribution < -0.4 is 5.32 Å². The van der Waals surface area contributed by atoms with Gasteiger partial charge in [-0.1, -0.05) is 91.0 Å². The molecule has 1 heterocycles. The van der Waals surface area contributed by atoms with E-state index in [2.05, 4.69) is 5.32 Å². The molecule has 3 aromatic rings. The standard InChI is InChI=1S/C29H33NO6/c1-20(31)30-25-27(34-3)26(33-2)24(36-28(25)32)19-35-29(21-13-7-4-8-14-21,22-15-9-5-10-16-22)23-17-11-6-12-18-23/h4-18,24-28,32H,19H2,1-3H3,(H,30,31). The lowest BCUT2D eigenvalue weighted by Gasteiger charge is -2.45. The minimum Gasteiger partial charge on any atom is -0.376 e. The highest BCUT2D eigenvalue weighted by atomic mass is 16.7. The van der Waals surface area contributed by atoms with Gasteiger partial charge in [0.1, 0.15) is 30.0 Å². The highest BCUT2D eigenvalue weighted by Gasteiger charge is 2.48. The summed E-state index contributed by atoms with van der Waals surface area (Å²) < 4.78 is 24.2. The maximum absolute atomic E-state index is 11.7. The molecule has 0 aliphatic carbocycles. The summed E-state index contributed by atoms with van der Waals surface area (Å²) in [6, 6.07) is 29.2. The lowest BCUT2D eigenvalue weighted by Crippen LogP contribution is -2.65. The minimum absolute atomic E-state index is 0.0842. The Hall–Kier alpha value is -3.07. The number of methoxy groups -OCH3 is 2. The number of carbonyl (C=O) groups excluding carboxylic acids is 1. The van der Waals surface area contributed by atoms with E-state index in [4.69, 9.17) is 18.9 Å². The molecular weight excluding hydrogens is 458 g/mol. The van der Waals surface area contributed by atoms with E-state index in [1.807, 2.05) is 91.0 Å². The number of aliphatic hydroxyl groups excluding tert-OH is 1. The molecule has 5 unspecified atom stereocenters. The number of hydrogen-bond acceptors (Lipinski definition) is 6. The molecule has 5 atom stereocenters. The fourth-order valence-corrected chi connectivity index (χ4v) is 4.98. The van der Waals surface area contributed by atoms with E-state index in [1.54, 1.807) is 7.11 Å². The van der Waals surface area contributed by atoms with E-state index >= 15 is 0 Å². The van der Waals surface area contributed by atoms with Crippen LogP contribution in [0, 0.1) is 0 Å². The van der Waals surface area contributed by atoms with E-state index in [0.717, 1.165) is 16.7 Å². The topological polar surface area (TPSA) is 86.3 Å². The predicted octanol–water partition coefficient (Wildman–Crippen LogP) is 3.25. The molecule has 0 aromatic heterocycles. The van der Waals surface area contributed by atoms with Crippen molar-refractivity contribution in [2.45, 2.75) is 43.2 Å². The number of rotatable bonds is 9. The Labute approximate surface area is 212 Å². The summed E-state index contributed by atoms with van der Waals surface area (Å²) in [5.74, 6) is -0.300. The van der Waals surface area contributed by atoms with E-state index in [9.17, 15) is 9.90 Å². The average Bonchev–Trinajstić information content (AvgIpc) is 2.91. The van der Waals surface area contributed by atoms with E-state index < -0.39 is 36.2 Å². The van der Waals surface area contributed by atoms with Gasteiger partial charge in [-0.3, -0.25) is 4.79 Å². The van der Waals surface area contributed by atoms with Crippen LogP contribution in [-0.2, 0) is 29.3 Å². The first-order valence-electron chi connectivity index (χ1n) is 12.0. The van der Waals surface area contributed by atoms with Gasteiger partial charge in [0.15, 0.2) is 6.29 Å². The van der Waals surface area contributed by atoms with Crippen molar-refractivity contribution in [1.82, 2.24) is 5.32 Å². The highest BCUT2D eigenvalue weighted by Crippen LogP contribution is 2.41. The Balaban J connectivity index is 1.74. The summed E-state index contributed by atoms with van der Waals surface area (Å²) >= 11 is 0. The first-order chi connectivity index (χ1) is 17.5. The third-order valence-electron chi connectivity index (χ3n) is 6.58. The Bertz CT molecular complexity index is 998. The summed E-state index contributed by atoms with van der Waals surface area (Å²) in [5.41, 5.74) is 1.90. The molecule has 2 N–H and O–H groups in total. The second-order valence-corrected chi connectivity index (χ2v) is 8.78. The number of hydrogen-bond donors (Lipinski definition) is 2. The third kappa shape index (κ3) is 5.21. The van der Waals surface area contributed by atoms with Gasteiger partial charge in [-0.25, -0.2) is 0 Å². The van der Waals surface area contributed by atoms with Crippen LogP contribution in [0.15, 0.2) is 91.0 Å². The molecule has 3 aromatic carbocycles. The van der Waals surface area contributed by atoms with Gasteiger partial charge in [0.05, 0.1) is 6.61 Å². The summed E-state index contributed by atoms with van der Waals surface area (Å²) in [5, 5.41) is 13.5. The van der Waals surface area contributed by atoms with Crippen molar-refractivity contribution in [3.8, 4) is 0 Å². The minimum atomic E-state index is -1.29. The molecule has 0 spiro atoms. The maximum atomic E-state index is 11.7. The SMILES string of the molecule is COC1C(COC(c2ccccc2)(c2ccccc2)c2ccccc2)OC(O)C(NC(C)=O)C1OC. The molecule has 190 valence electrons. The summed E-state index contributed by atoms with van der Waals surface area (Å²) in [6.07, 6.45) is -3.21. The van der Waals surface area contributed by atoms with E-state index in [1.165, 1.54) is 14.0 Å². The molecule has 1 saturated heterocycles. The first-order valence-corrected chi connectivity index (χ1v) is 12.0. The number of benzene rings is 3. The van der Waals surface area contributed by atoms with Crippen LogP contribution in [0.25, 0.3) is 0 Å². The number of amides is 1. The van der Waals surface area contributed by atoms with Gasteiger partial charge in [0.25, 0.3) is 0 Å². The van der Waals surface area contributed by atoms with Gasteiger partial charge in [-0.05, 0) is 16.7 Å². The number of ether oxygens (including phenoxy) is 4. The zero-order valence-electron chi connectivity index (χ0n) is 20.7. The highest BCUT2D eigenvalue weighted by molar-refractivity contribution is 5.73. The van der Waals surface area contributed by atoms with Gasteiger partial charge in [0.2, 0.25) is 5.91 Å². The van der Waals surface area contributed by atoms with Crippen molar-refractivity contribution in [3.63, 3.8) is 0 Å². The molecule has 1 amide bonds. The van der Waals surface area contributed by atoms with Gasteiger partial charge in [-0.2, -0.15) is 0 Å². The van der Waals surface area contributed by atoms with Crippen LogP contribution in [0.4, 0.5) is 0 Å². The quantitative estimate of drug-likeness (QED) is 0.447. The molecule has 0 radical (unpaired) electrons. The van der Waals surface area contributed by atoms with Crippen molar-refractivity contribution in [1.29, 1.82) is 0 Å². The monoisotopic (exact) mass is 491 g/mol.